The van der Waals surface area contributed by atoms with Gasteiger partial charge < -0.3 is 5.32 Å². The number of nitrogens with zero attached hydrogens (tertiary/aromatic N) is 1. The fourth-order valence-electron chi connectivity index (χ4n) is 3.50. The smallest absolute Gasteiger partial charge is 0.132 e. The van der Waals surface area contributed by atoms with Gasteiger partial charge in [-0.2, -0.15) is 0 Å². The summed E-state index contributed by atoms with van der Waals surface area (Å²) in [5.74, 6) is 0.656. The number of likely N-dealkylation sites (tertiary alicyclic amines) is 1. The van der Waals surface area contributed by atoms with E-state index < -0.39 is 0 Å². The molecule has 0 amide bonds. The van der Waals surface area contributed by atoms with Gasteiger partial charge in [-0.05, 0) is 44.0 Å². The van der Waals surface area contributed by atoms with E-state index in [0.29, 0.717) is 6.04 Å². The fourth-order valence-corrected chi connectivity index (χ4v) is 4.74. The van der Waals surface area contributed by atoms with Gasteiger partial charge in [0, 0.05) is 40.6 Å². The second-order valence-electron chi connectivity index (χ2n) is 6.27. The molecule has 2 unspecified atom stereocenters. The molecular weight excluding hydrogens is 283 g/mol. The van der Waals surface area contributed by atoms with Gasteiger partial charge in [-0.3, -0.25) is 4.90 Å². The number of hydrogen-bond donors (Lipinski definition) is 1. The van der Waals surface area contributed by atoms with Crippen LogP contribution in [0.3, 0.4) is 0 Å². The van der Waals surface area contributed by atoms with Gasteiger partial charge >= 0.3 is 0 Å². The summed E-state index contributed by atoms with van der Waals surface area (Å²) in [6.45, 7) is 7.38. The van der Waals surface area contributed by atoms with Crippen LogP contribution >= 0.6 is 11.3 Å². The van der Waals surface area contributed by atoms with Gasteiger partial charge in [-0.25, -0.2) is 4.39 Å². The third kappa shape index (κ3) is 2.85. The first-order chi connectivity index (χ1) is 10.1. The van der Waals surface area contributed by atoms with E-state index in [4.69, 9.17) is 0 Å². The molecule has 0 saturated carbocycles. The second-order valence-corrected chi connectivity index (χ2v) is 7.40. The highest BCUT2D eigenvalue weighted by molar-refractivity contribution is 7.19. The second kappa shape index (κ2) is 6.03. The largest absolute Gasteiger partial charge is 0.315 e. The molecule has 1 aliphatic heterocycles. The van der Waals surface area contributed by atoms with Crippen LogP contribution in [0.5, 0.6) is 0 Å². The highest BCUT2D eigenvalue weighted by Gasteiger charge is 2.28. The Balaban J connectivity index is 2.01. The van der Waals surface area contributed by atoms with Crippen LogP contribution in [0.4, 0.5) is 4.39 Å². The van der Waals surface area contributed by atoms with Crippen molar-refractivity contribution in [2.45, 2.75) is 39.4 Å². The third-order valence-corrected chi connectivity index (χ3v) is 5.66. The first-order valence-electron chi connectivity index (χ1n) is 7.67. The van der Waals surface area contributed by atoms with Crippen LogP contribution < -0.4 is 5.32 Å². The van der Waals surface area contributed by atoms with Gasteiger partial charge in [-0.1, -0.05) is 13.0 Å². The molecule has 0 aliphatic carbocycles. The van der Waals surface area contributed by atoms with Crippen LogP contribution in [0.1, 0.15) is 30.7 Å². The van der Waals surface area contributed by atoms with E-state index in [2.05, 4.69) is 24.1 Å². The summed E-state index contributed by atoms with van der Waals surface area (Å²) in [7, 11) is 1.95. The van der Waals surface area contributed by atoms with Crippen molar-refractivity contribution >= 4 is 21.4 Å². The van der Waals surface area contributed by atoms with Crippen molar-refractivity contribution in [2.24, 2.45) is 5.92 Å². The Kier molecular flexibility index (Phi) is 4.29. The van der Waals surface area contributed by atoms with Crippen LogP contribution in [0.25, 0.3) is 10.1 Å². The summed E-state index contributed by atoms with van der Waals surface area (Å²) in [5, 5.41) is 4.05. The molecule has 0 radical (unpaired) electrons. The predicted octanol–water partition coefficient (Wildman–Crippen LogP) is 3.99. The van der Waals surface area contributed by atoms with E-state index in [1.807, 2.05) is 19.2 Å². The lowest BCUT2D eigenvalue weighted by atomic mass is 10.1. The maximum Gasteiger partial charge on any atom is 0.132 e. The SMILES string of the molecule is CNCc1sc2cccc(F)c2c1CN1CC(C)CC1C. The zero-order valence-electron chi connectivity index (χ0n) is 12.9. The molecule has 1 aromatic carbocycles. The summed E-state index contributed by atoms with van der Waals surface area (Å²) in [6, 6.07) is 6.01. The molecule has 2 heterocycles. The quantitative estimate of drug-likeness (QED) is 0.919. The predicted molar refractivity (Wildman–Crippen MR) is 88.2 cm³/mol. The molecular formula is C17H23FN2S. The fraction of sp³-hybridized carbons (Fsp3) is 0.529. The van der Waals surface area contributed by atoms with Crippen LogP contribution in [0.2, 0.25) is 0 Å². The molecule has 2 aromatic rings. The molecule has 2 nitrogen and oxygen atoms in total. The zero-order chi connectivity index (χ0) is 15.0. The molecule has 0 bridgehead atoms. The molecule has 4 heteroatoms. The van der Waals surface area contributed by atoms with Gasteiger partial charge in [0.1, 0.15) is 5.82 Å². The van der Waals surface area contributed by atoms with Crippen molar-refractivity contribution in [3.8, 4) is 0 Å². The Hall–Kier alpha value is -0.970. The van der Waals surface area contributed by atoms with Crippen LogP contribution in [-0.2, 0) is 13.1 Å². The van der Waals surface area contributed by atoms with E-state index in [1.165, 1.54) is 16.9 Å². The van der Waals surface area contributed by atoms with E-state index in [1.54, 1.807) is 17.4 Å². The van der Waals surface area contributed by atoms with Gasteiger partial charge in [0.25, 0.3) is 0 Å². The normalized spacial score (nSPS) is 23.2. The minimum atomic E-state index is -0.0824. The number of fused-ring (bicyclic) bond motifs is 1. The maximum absolute atomic E-state index is 14.3. The van der Waals surface area contributed by atoms with Crippen molar-refractivity contribution in [3.63, 3.8) is 0 Å². The van der Waals surface area contributed by atoms with Crippen molar-refractivity contribution < 1.29 is 4.39 Å². The van der Waals surface area contributed by atoms with Crippen molar-refractivity contribution in [2.75, 3.05) is 13.6 Å². The Labute approximate surface area is 130 Å². The maximum atomic E-state index is 14.3. The lowest BCUT2D eigenvalue weighted by Gasteiger charge is -2.21. The van der Waals surface area contributed by atoms with Crippen LogP contribution in [0.15, 0.2) is 18.2 Å². The minimum absolute atomic E-state index is 0.0824. The number of hydrogen-bond acceptors (Lipinski definition) is 3. The molecule has 21 heavy (non-hydrogen) atoms. The van der Waals surface area contributed by atoms with Crippen LogP contribution in [-0.4, -0.2) is 24.5 Å². The molecule has 1 N–H and O–H groups in total. The molecule has 1 saturated heterocycles. The molecule has 2 atom stereocenters. The number of halogens is 1. The lowest BCUT2D eigenvalue weighted by molar-refractivity contribution is 0.257. The Morgan fingerprint density at radius 1 is 1.38 bits per heavy atom. The summed E-state index contributed by atoms with van der Waals surface area (Å²) in [5.41, 5.74) is 1.18. The zero-order valence-corrected chi connectivity index (χ0v) is 13.8. The average molecular weight is 306 g/mol. The van der Waals surface area contributed by atoms with Crippen molar-refractivity contribution in [3.05, 3.63) is 34.5 Å². The minimum Gasteiger partial charge on any atom is -0.315 e. The topological polar surface area (TPSA) is 15.3 Å². The first-order valence-corrected chi connectivity index (χ1v) is 8.49. The first kappa shape index (κ1) is 14.9. The molecule has 1 aromatic heterocycles. The molecule has 3 rings (SSSR count). The highest BCUT2D eigenvalue weighted by atomic mass is 32.1. The van der Waals surface area contributed by atoms with E-state index in [9.17, 15) is 4.39 Å². The van der Waals surface area contributed by atoms with Crippen molar-refractivity contribution in [1.82, 2.24) is 10.2 Å². The number of nitrogens with one attached hydrogen (secondary N) is 1. The van der Waals surface area contributed by atoms with E-state index >= 15 is 0 Å². The molecule has 114 valence electrons. The Morgan fingerprint density at radius 2 is 2.19 bits per heavy atom. The van der Waals surface area contributed by atoms with E-state index in [0.717, 1.165) is 35.6 Å². The summed E-state index contributed by atoms with van der Waals surface area (Å²) in [4.78, 5) is 3.77. The summed E-state index contributed by atoms with van der Waals surface area (Å²) < 4.78 is 15.4. The molecule has 1 fully saturated rings. The van der Waals surface area contributed by atoms with Gasteiger partial charge in [-0.15, -0.1) is 11.3 Å². The average Bonchev–Trinajstić information content (AvgIpc) is 2.93. The molecule has 0 spiro atoms. The standard InChI is InChI=1S/C17H23FN2S/c1-11-7-12(2)20(9-11)10-13-16(8-19-3)21-15-6-4-5-14(18)17(13)15/h4-6,11-12,19H,7-10H2,1-3H3. The molecule has 1 aliphatic rings. The summed E-state index contributed by atoms with van der Waals surface area (Å²) >= 11 is 1.72. The Morgan fingerprint density at radius 3 is 2.86 bits per heavy atom. The number of benzene rings is 1. The monoisotopic (exact) mass is 306 g/mol. The van der Waals surface area contributed by atoms with Gasteiger partial charge in [0.15, 0.2) is 0 Å². The van der Waals surface area contributed by atoms with Gasteiger partial charge in [0.2, 0.25) is 0 Å². The van der Waals surface area contributed by atoms with Gasteiger partial charge in [0.05, 0.1) is 0 Å². The third-order valence-electron chi connectivity index (χ3n) is 4.46. The van der Waals surface area contributed by atoms with E-state index in [-0.39, 0.29) is 5.82 Å². The van der Waals surface area contributed by atoms with Crippen molar-refractivity contribution in [1.29, 1.82) is 0 Å². The number of rotatable bonds is 4. The van der Waals surface area contributed by atoms with Crippen LogP contribution in [0, 0.1) is 11.7 Å². The number of thiophene rings is 1. The Bertz CT molecular complexity index is 637. The highest BCUT2D eigenvalue weighted by Crippen LogP contribution is 2.35. The lowest BCUT2D eigenvalue weighted by Crippen LogP contribution is -2.27. The summed E-state index contributed by atoms with van der Waals surface area (Å²) in [6.07, 6.45) is 1.24.